The van der Waals surface area contributed by atoms with E-state index >= 15 is 0 Å². The molecule has 7 heteroatoms. The summed E-state index contributed by atoms with van der Waals surface area (Å²) in [5, 5.41) is 4.49. The van der Waals surface area contributed by atoms with Crippen LogP contribution in [0.3, 0.4) is 0 Å². The van der Waals surface area contributed by atoms with E-state index in [1.165, 1.54) is 12.8 Å². The molecule has 0 radical (unpaired) electrons. The molecule has 0 bridgehead atoms. The van der Waals surface area contributed by atoms with Crippen molar-refractivity contribution >= 4 is 23.2 Å². The summed E-state index contributed by atoms with van der Waals surface area (Å²) in [6.45, 7) is 6.69. The molecule has 0 N–H and O–H groups in total. The summed E-state index contributed by atoms with van der Waals surface area (Å²) < 4.78 is 1.55. The van der Waals surface area contributed by atoms with Crippen molar-refractivity contribution in [3.8, 4) is 0 Å². The fourth-order valence-corrected chi connectivity index (χ4v) is 2.82. The second kappa shape index (κ2) is 6.62. The molecule has 3 rings (SSSR count). The van der Waals surface area contributed by atoms with Crippen molar-refractivity contribution in [2.45, 2.75) is 19.8 Å². The zero-order valence-corrected chi connectivity index (χ0v) is 13.5. The van der Waals surface area contributed by atoms with Crippen molar-refractivity contribution in [3.05, 3.63) is 29.2 Å². The molecule has 3 heterocycles. The number of nitrogens with zero attached hydrogens (tertiary/aromatic N) is 5. The number of rotatable bonds is 4. The number of amides is 1. The first kappa shape index (κ1) is 15.2. The van der Waals surface area contributed by atoms with Crippen LogP contribution in [0.25, 0.3) is 5.65 Å². The summed E-state index contributed by atoms with van der Waals surface area (Å²) in [6.07, 6.45) is 4.07. The van der Waals surface area contributed by atoms with Gasteiger partial charge in [-0.2, -0.15) is 5.10 Å². The summed E-state index contributed by atoms with van der Waals surface area (Å²) in [4.78, 5) is 21.2. The van der Waals surface area contributed by atoms with Crippen LogP contribution in [0.15, 0.2) is 18.3 Å². The van der Waals surface area contributed by atoms with Crippen LogP contribution >= 0.6 is 11.6 Å². The number of unbranched alkanes of at least 4 members (excludes halogenated alkanes) is 1. The van der Waals surface area contributed by atoms with Gasteiger partial charge in [0.05, 0.1) is 6.20 Å². The third kappa shape index (κ3) is 3.23. The largest absolute Gasteiger partial charge is 0.335 e. The molecule has 2 aromatic heterocycles. The smallest absolute Gasteiger partial charge is 0.274 e. The molecular formula is C15H20ClN5O. The molecule has 2 aromatic rings. The van der Waals surface area contributed by atoms with Crippen molar-refractivity contribution in [2.24, 2.45) is 0 Å². The molecule has 1 aliphatic rings. The van der Waals surface area contributed by atoms with Crippen molar-refractivity contribution in [1.29, 1.82) is 0 Å². The van der Waals surface area contributed by atoms with Gasteiger partial charge in [-0.25, -0.2) is 9.50 Å². The Morgan fingerprint density at radius 3 is 2.77 bits per heavy atom. The van der Waals surface area contributed by atoms with Gasteiger partial charge < -0.3 is 4.90 Å². The van der Waals surface area contributed by atoms with Crippen LogP contribution in [0.2, 0.25) is 5.15 Å². The van der Waals surface area contributed by atoms with Crippen LogP contribution in [0.5, 0.6) is 0 Å². The predicted molar refractivity (Wildman–Crippen MR) is 85.2 cm³/mol. The number of hydrogen-bond donors (Lipinski definition) is 0. The Labute approximate surface area is 134 Å². The molecule has 0 atom stereocenters. The van der Waals surface area contributed by atoms with Gasteiger partial charge in [-0.05, 0) is 25.1 Å². The highest BCUT2D eigenvalue weighted by molar-refractivity contribution is 6.29. The van der Waals surface area contributed by atoms with E-state index in [0.717, 1.165) is 32.7 Å². The second-order valence-electron chi connectivity index (χ2n) is 5.57. The zero-order valence-electron chi connectivity index (χ0n) is 12.7. The highest BCUT2D eigenvalue weighted by Crippen LogP contribution is 2.12. The van der Waals surface area contributed by atoms with E-state index in [0.29, 0.717) is 16.5 Å². The molecule has 0 saturated carbocycles. The number of hydrogen-bond acceptors (Lipinski definition) is 4. The third-order valence-corrected chi connectivity index (χ3v) is 4.20. The van der Waals surface area contributed by atoms with Gasteiger partial charge in [0, 0.05) is 26.2 Å². The van der Waals surface area contributed by atoms with Gasteiger partial charge in [0.25, 0.3) is 5.91 Å². The normalized spacial score (nSPS) is 16.4. The van der Waals surface area contributed by atoms with E-state index in [1.54, 1.807) is 22.8 Å². The Morgan fingerprint density at radius 2 is 2.05 bits per heavy atom. The summed E-state index contributed by atoms with van der Waals surface area (Å²) in [5.41, 5.74) is 1.06. The van der Waals surface area contributed by atoms with E-state index in [1.807, 2.05) is 4.90 Å². The molecule has 0 unspecified atom stereocenters. The van der Waals surface area contributed by atoms with E-state index < -0.39 is 0 Å². The molecule has 6 nitrogen and oxygen atoms in total. The molecule has 1 aliphatic heterocycles. The van der Waals surface area contributed by atoms with Crippen molar-refractivity contribution in [1.82, 2.24) is 24.4 Å². The Morgan fingerprint density at radius 1 is 1.27 bits per heavy atom. The number of carbonyl (C=O) groups is 1. The average Bonchev–Trinajstić information content (AvgIpc) is 2.95. The summed E-state index contributed by atoms with van der Waals surface area (Å²) in [5.74, 6) is -0.0308. The summed E-state index contributed by atoms with van der Waals surface area (Å²) in [7, 11) is 0. The first-order chi connectivity index (χ1) is 10.7. The molecule has 1 saturated heterocycles. The van der Waals surface area contributed by atoms with Gasteiger partial charge in [0.1, 0.15) is 10.8 Å². The lowest BCUT2D eigenvalue weighted by Crippen LogP contribution is -2.48. The van der Waals surface area contributed by atoms with Gasteiger partial charge in [-0.1, -0.05) is 24.9 Å². The van der Waals surface area contributed by atoms with Crippen LogP contribution in [-0.2, 0) is 0 Å². The fraction of sp³-hybridized carbons (Fsp3) is 0.533. The fourth-order valence-electron chi connectivity index (χ4n) is 2.68. The molecule has 0 aromatic carbocycles. The minimum Gasteiger partial charge on any atom is -0.335 e. The Bertz CT molecular complexity index is 663. The van der Waals surface area contributed by atoms with Crippen LogP contribution < -0.4 is 0 Å². The number of piperazine rings is 1. The maximum absolute atomic E-state index is 12.5. The highest BCUT2D eigenvalue weighted by atomic mass is 35.5. The Kier molecular flexibility index (Phi) is 4.59. The van der Waals surface area contributed by atoms with Gasteiger partial charge in [-0.3, -0.25) is 9.69 Å². The number of aromatic nitrogens is 3. The predicted octanol–water partition coefficient (Wildman–Crippen LogP) is 1.94. The van der Waals surface area contributed by atoms with Gasteiger partial charge in [0.15, 0.2) is 5.65 Å². The summed E-state index contributed by atoms with van der Waals surface area (Å²) in [6, 6.07) is 3.43. The number of fused-ring (bicyclic) bond motifs is 1. The van der Waals surface area contributed by atoms with Gasteiger partial charge in [-0.15, -0.1) is 0 Å². The monoisotopic (exact) mass is 321 g/mol. The average molecular weight is 322 g/mol. The maximum Gasteiger partial charge on any atom is 0.274 e. The molecule has 0 aliphatic carbocycles. The van der Waals surface area contributed by atoms with E-state index in [2.05, 4.69) is 21.9 Å². The SMILES string of the molecule is CCCCN1CCN(C(=O)c2cn3nc(Cl)ccc3n2)CC1. The molecule has 1 amide bonds. The van der Waals surface area contributed by atoms with Crippen LogP contribution in [0.1, 0.15) is 30.3 Å². The first-order valence-electron chi connectivity index (χ1n) is 7.71. The zero-order chi connectivity index (χ0) is 15.5. The minimum absolute atomic E-state index is 0.0308. The lowest BCUT2D eigenvalue weighted by molar-refractivity contribution is 0.0630. The molecule has 22 heavy (non-hydrogen) atoms. The number of halogens is 1. The Hall–Kier alpha value is -1.66. The third-order valence-electron chi connectivity index (χ3n) is 3.99. The molecule has 0 spiro atoms. The summed E-state index contributed by atoms with van der Waals surface area (Å²) >= 11 is 5.85. The minimum atomic E-state index is -0.0308. The number of imidazole rings is 1. The quantitative estimate of drug-likeness (QED) is 0.863. The van der Waals surface area contributed by atoms with Crippen LogP contribution in [0.4, 0.5) is 0 Å². The first-order valence-corrected chi connectivity index (χ1v) is 8.08. The molecule has 118 valence electrons. The van der Waals surface area contributed by atoms with Crippen molar-refractivity contribution < 1.29 is 4.79 Å². The highest BCUT2D eigenvalue weighted by Gasteiger charge is 2.23. The van der Waals surface area contributed by atoms with E-state index in [-0.39, 0.29) is 5.91 Å². The van der Waals surface area contributed by atoms with Crippen molar-refractivity contribution in [3.63, 3.8) is 0 Å². The van der Waals surface area contributed by atoms with Gasteiger partial charge >= 0.3 is 0 Å². The number of carbonyl (C=O) groups excluding carboxylic acids is 1. The van der Waals surface area contributed by atoms with E-state index in [4.69, 9.17) is 11.6 Å². The van der Waals surface area contributed by atoms with Crippen LogP contribution in [0, 0.1) is 0 Å². The molecular weight excluding hydrogens is 302 g/mol. The second-order valence-corrected chi connectivity index (χ2v) is 5.96. The topological polar surface area (TPSA) is 53.7 Å². The lowest BCUT2D eigenvalue weighted by atomic mass is 10.2. The standard InChI is InChI=1S/C15H20ClN5O/c1-2-3-6-19-7-9-20(10-8-19)15(22)12-11-21-14(17-12)5-4-13(16)18-21/h4-5,11H,2-3,6-10H2,1H3. The van der Waals surface area contributed by atoms with Gasteiger partial charge in [0.2, 0.25) is 0 Å². The van der Waals surface area contributed by atoms with Crippen molar-refractivity contribution in [2.75, 3.05) is 32.7 Å². The van der Waals surface area contributed by atoms with Crippen LogP contribution in [-0.4, -0.2) is 63.0 Å². The maximum atomic E-state index is 12.5. The Balaban J connectivity index is 1.66. The molecule has 1 fully saturated rings. The lowest BCUT2D eigenvalue weighted by Gasteiger charge is -2.34. The van der Waals surface area contributed by atoms with E-state index in [9.17, 15) is 4.79 Å².